The van der Waals surface area contributed by atoms with E-state index in [0.717, 1.165) is 0 Å². The predicted molar refractivity (Wildman–Crippen MR) is 72.1 cm³/mol. The lowest BCUT2D eigenvalue weighted by molar-refractivity contribution is -0.186. The van der Waals surface area contributed by atoms with Gasteiger partial charge in [0.1, 0.15) is 0 Å². The normalized spacial score (nSPS) is 23.6. The molecule has 1 amide bonds. The van der Waals surface area contributed by atoms with Crippen LogP contribution < -0.4 is 5.32 Å². The molecular weight excluding hydrogens is 303 g/mol. The van der Waals surface area contributed by atoms with E-state index in [1.807, 2.05) is 0 Å². The van der Waals surface area contributed by atoms with Crippen LogP contribution in [0.1, 0.15) is 25.7 Å². The smallest absolute Gasteiger partial charge is 0.391 e. The Kier molecular flexibility index (Phi) is 6.86. The monoisotopic (exact) mass is 323 g/mol. The van der Waals surface area contributed by atoms with Crippen molar-refractivity contribution in [3.8, 4) is 0 Å². The molecule has 0 saturated heterocycles. The fourth-order valence-corrected chi connectivity index (χ4v) is 2.46. The minimum Gasteiger partial charge on any atom is -0.480 e. The van der Waals surface area contributed by atoms with Crippen LogP contribution in [0.25, 0.3) is 0 Å². The average Bonchev–Trinajstić information content (AvgIpc) is 2.45. The second kappa shape index (κ2) is 8.17. The Morgan fingerprint density at radius 3 is 2.64 bits per heavy atom. The van der Waals surface area contributed by atoms with Gasteiger partial charge in [0.15, 0.2) is 6.04 Å². The number of halogens is 3. The maximum atomic E-state index is 12.7. The lowest BCUT2D eigenvalue weighted by Crippen LogP contribution is -2.47. The third kappa shape index (κ3) is 5.67. The zero-order valence-electron chi connectivity index (χ0n) is 12.1. The molecule has 0 radical (unpaired) electrons. The molecule has 0 aromatic heterocycles. The molecule has 1 aliphatic carbocycles. The van der Waals surface area contributed by atoms with Crippen molar-refractivity contribution in [3.05, 3.63) is 12.7 Å². The summed E-state index contributed by atoms with van der Waals surface area (Å²) >= 11 is 0. The summed E-state index contributed by atoms with van der Waals surface area (Å²) in [6.45, 7) is 3.26. The summed E-state index contributed by atoms with van der Waals surface area (Å²) in [5.74, 6) is -4.27. The molecular formula is C14H20F3NO4. The Balaban J connectivity index is 2.57. The van der Waals surface area contributed by atoms with Gasteiger partial charge in [0, 0.05) is 5.92 Å². The van der Waals surface area contributed by atoms with Gasteiger partial charge in [0.2, 0.25) is 5.91 Å². The van der Waals surface area contributed by atoms with Gasteiger partial charge < -0.3 is 15.2 Å². The van der Waals surface area contributed by atoms with Crippen molar-refractivity contribution < 1.29 is 32.6 Å². The second-order valence-electron chi connectivity index (χ2n) is 5.33. The summed E-state index contributed by atoms with van der Waals surface area (Å²) < 4.78 is 43.1. The van der Waals surface area contributed by atoms with Gasteiger partial charge >= 0.3 is 12.1 Å². The third-order valence-electron chi connectivity index (χ3n) is 3.64. The van der Waals surface area contributed by atoms with Gasteiger partial charge in [-0.25, -0.2) is 4.79 Å². The Morgan fingerprint density at radius 1 is 1.41 bits per heavy atom. The van der Waals surface area contributed by atoms with E-state index in [2.05, 4.69) is 11.9 Å². The number of amides is 1. The number of carboxylic acid groups (broad SMARTS) is 1. The minimum absolute atomic E-state index is 0.0120. The first-order valence-corrected chi connectivity index (χ1v) is 7.04. The fraction of sp³-hybridized carbons (Fsp3) is 0.714. The lowest BCUT2D eigenvalue weighted by atomic mass is 9.80. The minimum atomic E-state index is -4.32. The van der Waals surface area contributed by atoms with E-state index in [1.54, 1.807) is 0 Å². The molecule has 1 saturated carbocycles. The van der Waals surface area contributed by atoms with E-state index in [9.17, 15) is 22.8 Å². The summed E-state index contributed by atoms with van der Waals surface area (Å²) in [4.78, 5) is 23.0. The summed E-state index contributed by atoms with van der Waals surface area (Å²) in [5.41, 5.74) is 0. The van der Waals surface area contributed by atoms with Crippen molar-refractivity contribution >= 4 is 11.9 Å². The Hall–Kier alpha value is -1.57. The van der Waals surface area contributed by atoms with Gasteiger partial charge in [-0.2, -0.15) is 13.2 Å². The highest BCUT2D eigenvalue weighted by Crippen LogP contribution is 2.39. The van der Waals surface area contributed by atoms with Gasteiger partial charge in [0.05, 0.1) is 19.1 Å². The molecule has 1 fully saturated rings. The topological polar surface area (TPSA) is 75.6 Å². The first-order valence-electron chi connectivity index (χ1n) is 7.04. The highest BCUT2D eigenvalue weighted by molar-refractivity contribution is 5.85. The zero-order chi connectivity index (χ0) is 16.8. The first-order chi connectivity index (χ1) is 10.3. The number of carbonyl (C=O) groups excluding carboxylic acids is 1. The van der Waals surface area contributed by atoms with E-state index in [-0.39, 0.29) is 26.1 Å². The number of carbonyl (C=O) groups is 2. The largest absolute Gasteiger partial charge is 0.480 e. The number of carboxylic acids is 1. The standard InChI is InChI=1S/C14H20F3NO4/c1-2-6-22-8-11(13(20)21)18-12(19)9-4-3-5-10(7-9)14(15,16)17/h2,9-11H,1,3-8H2,(H,18,19)(H,20,21). The summed E-state index contributed by atoms with van der Waals surface area (Å²) in [6.07, 6.45) is -2.55. The molecule has 1 aliphatic rings. The molecule has 3 atom stereocenters. The van der Waals surface area contributed by atoms with Crippen LogP contribution in [0, 0.1) is 11.8 Å². The van der Waals surface area contributed by atoms with Gasteiger partial charge in [0.25, 0.3) is 0 Å². The van der Waals surface area contributed by atoms with Gasteiger partial charge in [-0.05, 0) is 19.3 Å². The molecule has 2 N–H and O–H groups in total. The van der Waals surface area contributed by atoms with E-state index >= 15 is 0 Å². The van der Waals surface area contributed by atoms with Gasteiger partial charge in [-0.15, -0.1) is 6.58 Å². The summed E-state index contributed by atoms with van der Waals surface area (Å²) in [7, 11) is 0. The molecule has 5 nitrogen and oxygen atoms in total. The van der Waals surface area contributed by atoms with Crippen LogP contribution in [0.4, 0.5) is 13.2 Å². The summed E-state index contributed by atoms with van der Waals surface area (Å²) in [6, 6.07) is -1.28. The average molecular weight is 323 g/mol. The first kappa shape index (κ1) is 18.5. The number of hydrogen-bond acceptors (Lipinski definition) is 3. The van der Waals surface area contributed by atoms with Crippen LogP contribution in [-0.4, -0.2) is 42.4 Å². The fourth-order valence-electron chi connectivity index (χ4n) is 2.46. The number of nitrogens with one attached hydrogen (secondary N) is 1. The maximum Gasteiger partial charge on any atom is 0.391 e. The maximum absolute atomic E-state index is 12.7. The Bertz CT molecular complexity index is 411. The predicted octanol–water partition coefficient (Wildman–Crippen LogP) is 2.13. The van der Waals surface area contributed by atoms with Gasteiger partial charge in [-0.1, -0.05) is 12.5 Å². The molecule has 126 valence electrons. The van der Waals surface area contributed by atoms with Crippen LogP contribution in [0.3, 0.4) is 0 Å². The van der Waals surface area contributed by atoms with Crippen molar-refractivity contribution in [2.24, 2.45) is 11.8 Å². The van der Waals surface area contributed by atoms with Crippen molar-refractivity contribution in [2.45, 2.75) is 37.9 Å². The molecule has 1 rings (SSSR count). The van der Waals surface area contributed by atoms with Crippen LogP contribution in [0.15, 0.2) is 12.7 Å². The van der Waals surface area contributed by atoms with Gasteiger partial charge in [-0.3, -0.25) is 4.79 Å². The highest BCUT2D eigenvalue weighted by atomic mass is 19.4. The van der Waals surface area contributed by atoms with E-state index < -0.39 is 35.9 Å². The molecule has 0 spiro atoms. The molecule has 0 aliphatic heterocycles. The quantitative estimate of drug-likeness (QED) is 0.556. The summed E-state index contributed by atoms with van der Waals surface area (Å²) in [5, 5.41) is 11.3. The molecule has 3 unspecified atom stereocenters. The Morgan fingerprint density at radius 2 is 2.09 bits per heavy atom. The zero-order valence-corrected chi connectivity index (χ0v) is 12.1. The number of rotatable bonds is 7. The van der Waals surface area contributed by atoms with Crippen LogP contribution in [-0.2, 0) is 14.3 Å². The second-order valence-corrected chi connectivity index (χ2v) is 5.33. The van der Waals surface area contributed by atoms with E-state index in [4.69, 9.17) is 9.84 Å². The number of aliphatic carboxylic acids is 1. The molecule has 0 aromatic carbocycles. The van der Waals surface area contributed by atoms with Crippen LogP contribution >= 0.6 is 0 Å². The Labute approximate surface area is 126 Å². The molecule has 8 heteroatoms. The van der Waals surface area contributed by atoms with Crippen molar-refractivity contribution in [2.75, 3.05) is 13.2 Å². The van der Waals surface area contributed by atoms with Crippen molar-refractivity contribution in [3.63, 3.8) is 0 Å². The molecule has 22 heavy (non-hydrogen) atoms. The number of hydrogen-bond donors (Lipinski definition) is 2. The number of alkyl halides is 3. The molecule has 0 heterocycles. The molecule has 0 bridgehead atoms. The highest BCUT2D eigenvalue weighted by Gasteiger charge is 2.43. The lowest BCUT2D eigenvalue weighted by Gasteiger charge is -2.30. The van der Waals surface area contributed by atoms with E-state index in [0.29, 0.717) is 12.8 Å². The third-order valence-corrected chi connectivity index (χ3v) is 3.64. The van der Waals surface area contributed by atoms with Crippen molar-refractivity contribution in [1.82, 2.24) is 5.32 Å². The SMILES string of the molecule is C=CCOCC(NC(=O)C1CCCC(C(F)(F)F)C1)C(=O)O. The van der Waals surface area contributed by atoms with Crippen LogP contribution in [0.5, 0.6) is 0 Å². The molecule has 0 aromatic rings. The van der Waals surface area contributed by atoms with E-state index in [1.165, 1.54) is 6.08 Å². The number of ether oxygens (including phenoxy) is 1. The van der Waals surface area contributed by atoms with Crippen molar-refractivity contribution in [1.29, 1.82) is 0 Å². The van der Waals surface area contributed by atoms with Crippen LogP contribution in [0.2, 0.25) is 0 Å².